The zero-order chi connectivity index (χ0) is 25.1. The number of benzene rings is 2. The van der Waals surface area contributed by atoms with Crippen molar-refractivity contribution in [3.05, 3.63) is 80.4 Å². The smallest absolute Gasteiger partial charge is 0.270 e. The van der Waals surface area contributed by atoms with Gasteiger partial charge in [-0.25, -0.2) is 0 Å². The third-order valence-corrected chi connectivity index (χ3v) is 5.68. The largest absolute Gasteiger partial charge is 0.488 e. The number of carbonyl (C=O) groups excluding carboxylic acids is 2. The number of ether oxygens (including phenoxy) is 3. The fourth-order valence-electron chi connectivity index (χ4n) is 3.56. The molecule has 2 amide bonds. The molecule has 0 atom stereocenters. The molecule has 0 saturated carbocycles. The number of hydrogen-bond donors (Lipinski definition) is 1. The highest BCUT2D eigenvalue weighted by molar-refractivity contribution is 7.80. The number of hydrogen-bond acceptors (Lipinski definition) is 8. The molecule has 180 valence electrons. The van der Waals surface area contributed by atoms with Crippen molar-refractivity contribution in [1.82, 2.24) is 10.2 Å². The highest BCUT2D eigenvalue weighted by Gasteiger charge is 2.33. The van der Waals surface area contributed by atoms with Gasteiger partial charge in [-0.2, -0.15) is 0 Å². The number of nitrogens with one attached hydrogen (secondary N) is 1. The molecule has 2 heterocycles. The quantitative estimate of drug-likeness (QED) is 0.148. The lowest BCUT2D eigenvalue weighted by atomic mass is 10.1. The first-order valence-corrected chi connectivity index (χ1v) is 11.0. The van der Waals surface area contributed by atoms with E-state index >= 15 is 0 Å². The Morgan fingerprint density at radius 1 is 1.31 bits per heavy atom. The van der Waals surface area contributed by atoms with Crippen molar-refractivity contribution in [2.24, 2.45) is 0 Å². The van der Waals surface area contributed by atoms with Gasteiger partial charge in [-0.05, 0) is 36.5 Å². The van der Waals surface area contributed by atoms with Crippen LogP contribution in [-0.2, 0) is 27.5 Å². The van der Waals surface area contributed by atoms with E-state index in [9.17, 15) is 19.7 Å². The number of nitro groups is 1. The molecule has 4 rings (SSSR count). The molecule has 1 fully saturated rings. The molecular weight excluding hydrogens is 498 g/mol. The lowest BCUT2D eigenvalue weighted by molar-refractivity contribution is -0.384. The van der Waals surface area contributed by atoms with Crippen molar-refractivity contribution in [1.29, 1.82) is 0 Å². The minimum absolute atomic E-state index is 0.00367. The van der Waals surface area contributed by atoms with Gasteiger partial charge in [0.15, 0.2) is 11.9 Å². The van der Waals surface area contributed by atoms with Crippen molar-refractivity contribution in [3.8, 4) is 11.5 Å². The number of amides is 2. The highest BCUT2D eigenvalue weighted by Crippen LogP contribution is 2.34. The Kier molecular flexibility index (Phi) is 7.10. The minimum atomic E-state index is -0.727. The van der Waals surface area contributed by atoms with E-state index in [0.717, 1.165) is 10.5 Å². The van der Waals surface area contributed by atoms with Crippen LogP contribution in [0.4, 0.5) is 5.69 Å². The third-order valence-electron chi connectivity index (χ3n) is 5.14. The van der Waals surface area contributed by atoms with Crippen LogP contribution in [0.15, 0.2) is 48.6 Å². The number of nitrogens with zero attached hydrogens (tertiary/aromatic N) is 2. The van der Waals surface area contributed by atoms with E-state index < -0.39 is 16.7 Å². The first kappa shape index (κ1) is 24.3. The van der Waals surface area contributed by atoms with Gasteiger partial charge in [0, 0.05) is 40.4 Å². The van der Waals surface area contributed by atoms with Crippen molar-refractivity contribution in [3.63, 3.8) is 0 Å². The first-order chi connectivity index (χ1) is 16.8. The molecule has 0 aromatic heterocycles. The van der Waals surface area contributed by atoms with E-state index in [2.05, 4.69) is 11.9 Å². The van der Waals surface area contributed by atoms with E-state index in [1.807, 2.05) is 0 Å². The summed E-state index contributed by atoms with van der Waals surface area (Å²) >= 11 is 11.3. The molecule has 10 nitrogen and oxygen atoms in total. The van der Waals surface area contributed by atoms with Gasteiger partial charge in [-0.15, -0.1) is 6.58 Å². The molecule has 0 unspecified atom stereocenters. The van der Waals surface area contributed by atoms with Gasteiger partial charge in [-0.3, -0.25) is 29.9 Å². The monoisotopic (exact) mass is 515 g/mol. The Labute approximate surface area is 209 Å². The van der Waals surface area contributed by atoms with Gasteiger partial charge in [-0.1, -0.05) is 17.7 Å². The maximum absolute atomic E-state index is 12.9. The molecule has 2 aliphatic rings. The van der Waals surface area contributed by atoms with Crippen molar-refractivity contribution in [2.75, 3.05) is 13.3 Å². The van der Waals surface area contributed by atoms with Crippen molar-refractivity contribution in [2.45, 2.75) is 13.2 Å². The minimum Gasteiger partial charge on any atom is -0.488 e. The number of halogens is 1. The second-order valence-electron chi connectivity index (χ2n) is 7.45. The summed E-state index contributed by atoms with van der Waals surface area (Å²) < 4.78 is 16.8. The van der Waals surface area contributed by atoms with Crippen molar-refractivity contribution >= 4 is 52.5 Å². The molecule has 1 saturated heterocycles. The van der Waals surface area contributed by atoms with Gasteiger partial charge in [0.25, 0.3) is 17.5 Å². The molecule has 12 heteroatoms. The Balaban J connectivity index is 1.70. The summed E-state index contributed by atoms with van der Waals surface area (Å²) in [5, 5.41) is 14.2. The zero-order valence-electron chi connectivity index (χ0n) is 18.1. The lowest BCUT2D eigenvalue weighted by Gasteiger charge is -2.27. The summed E-state index contributed by atoms with van der Waals surface area (Å²) in [6.45, 7) is 4.07. The maximum atomic E-state index is 12.9. The molecule has 2 aliphatic heterocycles. The number of fused-ring (bicyclic) bond motifs is 1. The van der Waals surface area contributed by atoms with Gasteiger partial charge < -0.3 is 14.2 Å². The first-order valence-electron chi connectivity index (χ1n) is 10.2. The van der Waals surface area contributed by atoms with Crippen LogP contribution >= 0.6 is 23.8 Å². The van der Waals surface area contributed by atoms with Crippen LogP contribution < -0.4 is 14.8 Å². The molecule has 35 heavy (non-hydrogen) atoms. The van der Waals surface area contributed by atoms with E-state index in [-0.39, 0.29) is 47.6 Å². The average Bonchev–Trinajstić information content (AvgIpc) is 2.83. The van der Waals surface area contributed by atoms with Crippen LogP contribution in [0.1, 0.15) is 16.7 Å². The number of non-ortho nitro benzene ring substituents is 1. The lowest BCUT2D eigenvalue weighted by Crippen LogP contribution is -2.53. The molecule has 1 N–H and O–H groups in total. The van der Waals surface area contributed by atoms with Crippen LogP contribution in [0.5, 0.6) is 11.5 Å². The normalized spacial score (nSPS) is 16.4. The highest BCUT2D eigenvalue weighted by atomic mass is 35.5. The predicted molar refractivity (Wildman–Crippen MR) is 130 cm³/mol. The molecular formula is C23H18ClN3O7S. The summed E-state index contributed by atoms with van der Waals surface area (Å²) in [5.74, 6) is -0.603. The fraction of sp³-hybridized carbons (Fsp3) is 0.174. The number of rotatable bonds is 7. The number of nitro benzene ring substituents is 1. The second-order valence-corrected chi connectivity index (χ2v) is 8.28. The summed E-state index contributed by atoms with van der Waals surface area (Å²) in [7, 11) is 0. The molecule has 0 aliphatic carbocycles. The topological polar surface area (TPSA) is 120 Å². The molecule has 0 spiro atoms. The number of carbonyl (C=O) groups is 2. The second kappa shape index (κ2) is 10.2. The van der Waals surface area contributed by atoms with Crippen molar-refractivity contribution < 1.29 is 28.7 Å². The zero-order valence-corrected chi connectivity index (χ0v) is 19.7. The molecule has 2 aromatic rings. The standard InChI is InChI=1S/C23H18ClN3O7S/c1-2-5-26-22(29)18(21(28)25-23(26)35)9-13-8-17(27(30)31)3-4-19(13)33-11-15-7-16(24)6-14-10-32-12-34-20(14)15/h2-4,6-9H,1,5,10-12H2,(H,25,28,35). The Morgan fingerprint density at radius 2 is 2.11 bits per heavy atom. The summed E-state index contributed by atoms with van der Waals surface area (Å²) in [6.07, 6.45) is 2.69. The molecule has 2 aromatic carbocycles. The van der Waals surface area contributed by atoms with Gasteiger partial charge in [0.05, 0.1) is 11.5 Å². The summed E-state index contributed by atoms with van der Waals surface area (Å²) in [6, 6.07) is 7.28. The SMILES string of the molecule is C=CCN1C(=O)C(=Cc2cc([N+](=O)[O-])ccc2OCc2cc(Cl)cc3c2OCOC3)C(=O)NC1=S. The van der Waals surface area contributed by atoms with E-state index in [0.29, 0.717) is 22.9 Å². The fourth-order valence-corrected chi connectivity index (χ4v) is 4.07. The Hall–Kier alpha value is -3.80. The van der Waals surface area contributed by atoms with E-state index in [1.54, 1.807) is 12.1 Å². The number of thiocarbonyl (C=S) groups is 1. The third kappa shape index (κ3) is 5.16. The van der Waals surface area contributed by atoms with Crippen LogP contribution in [0.2, 0.25) is 5.02 Å². The van der Waals surface area contributed by atoms with Crippen LogP contribution in [0.25, 0.3) is 6.08 Å². The van der Waals surface area contributed by atoms with Gasteiger partial charge in [0.2, 0.25) is 0 Å². The summed E-state index contributed by atoms with van der Waals surface area (Å²) in [5.41, 5.74) is 1.06. The van der Waals surface area contributed by atoms with Crippen LogP contribution in [0, 0.1) is 10.1 Å². The summed E-state index contributed by atoms with van der Waals surface area (Å²) in [4.78, 5) is 37.3. The molecule has 0 bridgehead atoms. The van der Waals surface area contributed by atoms with Crippen LogP contribution in [0.3, 0.4) is 0 Å². The molecule has 0 radical (unpaired) electrons. The Morgan fingerprint density at radius 3 is 2.86 bits per heavy atom. The van der Waals surface area contributed by atoms with E-state index in [1.165, 1.54) is 30.4 Å². The van der Waals surface area contributed by atoms with Gasteiger partial charge in [0.1, 0.15) is 23.7 Å². The maximum Gasteiger partial charge on any atom is 0.270 e. The Bertz CT molecular complexity index is 1290. The van der Waals surface area contributed by atoms with Crippen LogP contribution in [-0.4, -0.2) is 40.1 Å². The van der Waals surface area contributed by atoms with Gasteiger partial charge >= 0.3 is 0 Å². The predicted octanol–water partition coefficient (Wildman–Crippen LogP) is 3.51. The average molecular weight is 516 g/mol. The van der Waals surface area contributed by atoms with E-state index in [4.69, 9.17) is 38.0 Å².